The summed E-state index contributed by atoms with van der Waals surface area (Å²) in [5, 5.41) is 0. The van der Waals surface area contributed by atoms with Crippen molar-refractivity contribution in [2.24, 2.45) is 4.99 Å². The highest BCUT2D eigenvalue weighted by Crippen LogP contribution is 2.22. The van der Waals surface area contributed by atoms with E-state index in [1.54, 1.807) is 12.1 Å². The Bertz CT molecular complexity index is 885. The number of hydrogen-bond donors (Lipinski definition) is 0. The van der Waals surface area contributed by atoms with Crippen LogP contribution in [0.5, 0.6) is 0 Å². The minimum Gasteiger partial charge on any atom is -0.318 e. The zero-order valence-electron chi connectivity index (χ0n) is 15.1. The van der Waals surface area contributed by atoms with Gasteiger partial charge in [-0.1, -0.05) is 26.0 Å². The summed E-state index contributed by atoms with van der Waals surface area (Å²) in [6.07, 6.45) is 1.90. The number of halogens is 1. The molecular weight excluding hydrogens is 311 g/mol. The van der Waals surface area contributed by atoms with Gasteiger partial charge in [0.1, 0.15) is 5.82 Å². The van der Waals surface area contributed by atoms with Crippen LogP contribution < -0.4 is 0 Å². The molecule has 1 aromatic heterocycles. The lowest BCUT2D eigenvalue weighted by molar-refractivity contribution is 0.627. The highest BCUT2D eigenvalue weighted by molar-refractivity contribution is 5.84. The summed E-state index contributed by atoms with van der Waals surface area (Å²) < 4.78 is 15.3. The molecule has 0 amide bonds. The van der Waals surface area contributed by atoms with Crippen LogP contribution in [0.3, 0.4) is 0 Å². The van der Waals surface area contributed by atoms with Crippen LogP contribution in [0.25, 0.3) is 5.69 Å². The smallest absolute Gasteiger partial charge is 0.123 e. The third-order valence-corrected chi connectivity index (χ3v) is 4.47. The van der Waals surface area contributed by atoms with E-state index in [1.807, 2.05) is 25.3 Å². The molecule has 1 heterocycles. The third kappa shape index (κ3) is 3.71. The highest BCUT2D eigenvalue weighted by atomic mass is 19.1. The van der Waals surface area contributed by atoms with Crippen molar-refractivity contribution in [1.82, 2.24) is 4.57 Å². The van der Waals surface area contributed by atoms with Crippen molar-refractivity contribution in [3.05, 3.63) is 82.9 Å². The second kappa shape index (κ2) is 7.06. The Balaban J connectivity index is 1.88. The molecule has 0 spiro atoms. The SMILES string of the molecule is Cc1cc(C=Nc2ccc(C(C)C)cc2)c(C)n1-c1ccc(F)cc1. The minimum atomic E-state index is -0.224. The van der Waals surface area contributed by atoms with E-state index in [0.717, 1.165) is 28.3 Å². The molecule has 0 aliphatic carbocycles. The number of aromatic nitrogens is 1. The van der Waals surface area contributed by atoms with Crippen molar-refractivity contribution in [3.8, 4) is 5.69 Å². The molecule has 0 saturated carbocycles. The van der Waals surface area contributed by atoms with E-state index in [2.05, 4.69) is 48.5 Å². The van der Waals surface area contributed by atoms with Crippen molar-refractivity contribution in [1.29, 1.82) is 0 Å². The molecule has 2 nitrogen and oxygen atoms in total. The lowest BCUT2D eigenvalue weighted by Crippen LogP contribution is -1.99. The summed E-state index contributed by atoms with van der Waals surface area (Å²) in [4.78, 5) is 4.60. The van der Waals surface area contributed by atoms with Gasteiger partial charge in [0.25, 0.3) is 0 Å². The summed E-state index contributed by atoms with van der Waals surface area (Å²) >= 11 is 0. The molecule has 0 atom stereocenters. The van der Waals surface area contributed by atoms with Crippen LogP contribution in [0.15, 0.2) is 59.6 Å². The van der Waals surface area contributed by atoms with Crippen LogP contribution in [0.1, 0.15) is 42.3 Å². The van der Waals surface area contributed by atoms with Crippen LogP contribution in [-0.2, 0) is 0 Å². The molecule has 128 valence electrons. The van der Waals surface area contributed by atoms with Gasteiger partial charge in [-0.15, -0.1) is 0 Å². The molecular formula is C22H23FN2. The fraction of sp³-hybridized carbons (Fsp3) is 0.227. The van der Waals surface area contributed by atoms with Crippen molar-refractivity contribution < 1.29 is 4.39 Å². The van der Waals surface area contributed by atoms with Gasteiger partial charge in [-0.2, -0.15) is 0 Å². The summed E-state index contributed by atoms with van der Waals surface area (Å²) in [5.41, 5.74) is 6.46. The first-order valence-electron chi connectivity index (χ1n) is 8.54. The maximum atomic E-state index is 13.2. The molecule has 0 saturated heterocycles. The molecule has 0 aliphatic rings. The Morgan fingerprint density at radius 3 is 2.20 bits per heavy atom. The average molecular weight is 334 g/mol. The summed E-state index contributed by atoms with van der Waals surface area (Å²) in [7, 11) is 0. The fourth-order valence-electron chi connectivity index (χ4n) is 3.00. The van der Waals surface area contributed by atoms with Gasteiger partial charge in [0.05, 0.1) is 5.69 Å². The number of nitrogens with zero attached hydrogens (tertiary/aromatic N) is 2. The van der Waals surface area contributed by atoms with Crippen LogP contribution in [-0.4, -0.2) is 10.8 Å². The van der Waals surface area contributed by atoms with E-state index in [1.165, 1.54) is 17.7 Å². The monoisotopic (exact) mass is 334 g/mol. The second-order valence-corrected chi connectivity index (χ2v) is 6.64. The van der Waals surface area contributed by atoms with Gasteiger partial charge in [-0.05, 0) is 67.8 Å². The predicted octanol–water partition coefficient (Wildman–Crippen LogP) is 6.11. The first-order valence-corrected chi connectivity index (χ1v) is 8.54. The van der Waals surface area contributed by atoms with Crippen LogP contribution in [0, 0.1) is 19.7 Å². The average Bonchev–Trinajstić information content (AvgIpc) is 2.88. The van der Waals surface area contributed by atoms with Crippen molar-refractivity contribution >= 4 is 11.9 Å². The zero-order valence-corrected chi connectivity index (χ0v) is 15.1. The van der Waals surface area contributed by atoms with E-state index in [-0.39, 0.29) is 5.82 Å². The number of benzene rings is 2. The Kier molecular flexibility index (Phi) is 4.84. The lowest BCUT2D eigenvalue weighted by Gasteiger charge is -2.09. The molecule has 0 aliphatic heterocycles. The molecule has 0 fully saturated rings. The highest BCUT2D eigenvalue weighted by Gasteiger charge is 2.09. The number of aliphatic imine (C=N–C) groups is 1. The van der Waals surface area contributed by atoms with Gasteiger partial charge in [0.15, 0.2) is 0 Å². The lowest BCUT2D eigenvalue weighted by atomic mass is 10.0. The molecule has 2 aromatic carbocycles. The van der Waals surface area contributed by atoms with Crippen molar-refractivity contribution in [2.75, 3.05) is 0 Å². The van der Waals surface area contributed by atoms with E-state index in [9.17, 15) is 4.39 Å². The zero-order chi connectivity index (χ0) is 18.0. The number of hydrogen-bond acceptors (Lipinski definition) is 1. The molecule has 3 rings (SSSR count). The van der Waals surface area contributed by atoms with Gasteiger partial charge in [0, 0.05) is 28.9 Å². The maximum absolute atomic E-state index is 13.2. The van der Waals surface area contributed by atoms with Gasteiger partial charge >= 0.3 is 0 Å². The van der Waals surface area contributed by atoms with Crippen LogP contribution in [0.4, 0.5) is 10.1 Å². The van der Waals surface area contributed by atoms with Gasteiger partial charge in [-0.3, -0.25) is 4.99 Å². The van der Waals surface area contributed by atoms with E-state index in [0.29, 0.717) is 5.92 Å². The normalized spacial score (nSPS) is 11.6. The van der Waals surface area contributed by atoms with Gasteiger partial charge in [-0.25, -0.2) is 4.39 Å². The molecule has 25 heavy (non-hydrogen) atoms. The largest absolute Gasteiger partial charge is 0.318 e. The summed E-state index contributed by atoms with van der Waals surface area (Å²) in [5.74, 6) is 0.297. The molecule has 0 radical (unpaired) electrons. The molecule has 0 N–H and O–H groups in total. The molecule has 0 unspecified atom stereocenters. The standard InChI is InChI=1S/C22H23FN2/c1-15(2)18-5-9-21(10-6-18)24-14-19-13-16(3)25(17(19)4)22-11-7-20(23)8-12-22/h5-15H,1-4H3. The van der Waals surface area contributed by atoms with E-state index >= 15 is 0 Å². The molecule has 0 bridgehead atoms. The molecule has 3 aromatic rings. The van der Waals surface area contributed by atoms with Crippen LogP contribution >= 0.6 is 0 Å². The maximum Gasteiger partial charge on any atom is 0.123 e. The number of aryl methyl sites for hydroxylation is 1. The Morgan fingerprint density at radius 1 is 0.960 bits per heavy atom. The topological polar surface area (TPSA) is 17.3 Å². The Hall–Kier alpha value is -2.68. The second-order valence-electron chi connectivity index (χ2n) is 6.64. The Labute approximate surface area is 148 Å². The van der Waals surface area contributed by atoms with Crippen molar-refractivity contribution in [2.45, 2.75) is 33.6 Å². The van der Waals surface area contributed by atoms with Gasteiger partial charge in [0.2, 0.25) is 0 Å². The number of rotatable bonds is 4. The summed E-state index contributed by atoms with van der Waals surface area (Å²) in [6, 6.07) is 17.0. The van der Waals surface area contributed by atoms with Crippen LogP contribution in [0.2, 0.25) is 0 Å². The van der Waals surface area contributed by atoms with E-state index in [4.69, 9.17) is 0 Å². The third-order valence-electron chi connectivity index (χ3n) is 4.47. The fourth-order valence-corrected chi connectivity index (χ4v) is 3.00. The summed E-state index contributed by atoms with van der Waals surface area (Å²) in [6.45, 7) is 8.47. The Morgan fingerprint density at radius 2 is 1.60 bits per heavy atom. The quantitative estimate of drug-likeness (QED) is 0.512. The first-order chi connectivity index (χ1) is 12.0. The van der Waals surface area contributed by atoms with Crippen molar-refractivity contribution in [3.63, 3.8) is 0 Å². The van der Waals surface area contributed by atoms with E-state index < -0.39 is 0 Å². The first kappa shape index (κ1) is 17.2. The molecule has 3 heteroatoms. The minimum absolute atomic E-state index is 0.224. The van der Waals surface area contributed by atoms with Gasteiger partial charge < -0.3 is 4.57 Å². The predicted molar refractivity (Wildman–Crippen MR) is 103 cm³/mol.